The second-order valence-corrected chi connectivity index (χ2v) is 6.54. The highest BCUT2D eigenvalue weighted by atomic mass is 32.2. The zero-order valence-corrected chi connectivity index (χ0v) is 11.8. The van der Waals surface area contributed by atoms with Crippen molar-refractivity contribution in [2.75, 3.05) is 31.6 Å². The molecule has 0 radical (unpaired) electrons. The second-order valence-electron chi connectivity index (χ2n) is 5.39. The number of hydrogen-bond acceptors (Lipinski definition) is 3. The van der Waals surface area contributed by atoms with E-state index in [4.69, 9.17) is 0 Å². The number of carbonyl (C=O) groups is 1. The van der Waals surface area contributed by atoms with Crippen LogP contribution in [0.5, 0.6) is 0 Å². The van der Waals surface area contributed by atoms with E-state index in [-0.39, 0.29) is 5.41 Å². The lowest BCUT2D eigenvalue weighted by Crippen LogP contribution is -2.47. The summed E-state index contributed by atoms with van der Waals surface area (Å²) in [5.74, 6) is 2.72. The average molecular weight is 256 g/mol. The normalized spacial score (nSPS) is 32.9. The maximum absolute atomic E-state index is 12.7. The fourth-order valence-corrected chi connectivity index (χ4v) is 4.36. The van der Waals surface area contributed by atoms with Crippen LogP contribution in [0.1, 0.15) is 32.6 Å². The Kier molecular flexibility index (Phi) is 4.36. The molecule has 0 spiro atoms. The van der Waals surface area contributed by atoms with E-state index in [1.54, 1.807) is 0 Å². The summed E-state index contributed by atoms with van der Waals surface area (Å²) >= 11 is 1.97. The molecule has 2 saturated heterocycles. The van der Waals surface area contributed by atoms with Gasteiger partial charge in [-0.25, -0.2) is 0 Å². The van der Waals surface area contributed by atoms with E-state index in [2.05, 4.69) is 12.2 Å². The van der Waals surface area contributed by atoms with Crippen molar-refractivity contribution in [3.63, 3.8) is 0 Å². The van der Waals surface area contributed by atoms with Gasteiger partial charge < -0.3 is 10.2 Å². The van der Waals surface area contributed by atoms with Gasteiger partial charge in [0.1, 0.15) is 0 Å². The molecular weight excluding hydrogens is 232 g/mol. The van der Waals surface area contributed by atoms with E-state index in [1.807, 2.05) is 23.7 Å². The Morgan fingerprint density at radius 3 is 2.94 bits per heavy atom. The van der Waals surface area contributed by atoms with E-state index < -0.39 is 0 Å². The molecule has 2 unspecified atom stereocenters. The molecule has 2 heterocycles. The third-order valence-electron chi connectivity index (χ3n) is 4.20. The summed E-state index contributed by atoms with van der Waals surface area (Å²) in [6.07, 6.45) is 4.32. The maximum atomic E-state index is 12.7. The number of carbonyl (C=O) groups excluding carboxylic acids is 1. The summed E-state index contributed by atoms with van der Waals surface area (Å²) in [4.78, 5) is 14.8. The molecule has 0 aliphatic carbocycles. The van der Waals surface area contributed by atoms with Gasteiger partial charge >= 0.3 is 0 Å². The van der Waals surface area contributed by atoms with Crippen molar-refractivity contribution in [2.24, 2.45) is 5.41 Å². The van der Waals surface area contributed by atoms with Crippen LogP contribution in [-0.4, -0.2) is 48.5 Å². The minimum absolute atomic E-state index is 0.100. The van der Waals surface area contributed by atoms with Crippen LogP contribution in [0.2, 0.25) is 0 Å². The Hall–Kier alpha value is -0.220. The van der Waals surface area contributed by atoms with Crippen LogP contribution in [0, 0.1) is 5.41 Å². The first-order valence-electron chi connectivity index (χ1n) is 6.75. The molecule has 17 heavy (non-hydrogen) atoms. The molecule has 2 atom stereocenters. The molecule has 2 aliphatic rings. The molecule has 0 aromatic carbocycles. The molecule has 2 rings (SSSR count). The van der Waals surface area contributed by atoms with Crippen molar-refractivity contribution in [1.29, 1.82) is 0 Å². The highest BCUT2D eigenvalue weighted by molar-refractivity contribution is 7.99. The number of rotatable bonds is 4. The molecule has 4 heteroatoms. The van der Waals surface area contributed by atoms with Crippen LogP contribution >= 0.6 is 11.8 Å². The highest BCUT2D eigenvalue weighted by Crippen LogP contribution is 2.35. The van der Waals surface area contributed by atoms with Crippen LogP contribution in [0.3, 0.4) is 0 Å². The van der Waals surface area contributed by atoms with Crippen molar-refractivity contribution >= 4 is 17.7 Å². The van der Waals surface area contributed by atoms with E-state index in [0.29, 0.717) is 11.9 Å². The van der Waals surface area contributed by atoms with Crippen LogP contribution in [-0.2, 0) is 4.79 Å². The molecular formula is C13H24N2OS. The number of amides is 1. The number of nitrogens with zero attached hydrogens (tertiary/aromatic N) is 1. The molecule has 2 aliphatic heterocycles. The quantitative estimate of drug-likeness (QED) is 0.831. The fourth-order valence-electron chi connectivity index (χ4n) is 3.09. The zero-order valence-electron chi connectivity index (χ0n) is 11.0. The minimum Gasteiger partial charge on any atom is -0.341 e. The Morgan fingerprint density at radius 2 is 2.41 bits per heavy atom. The third kappa shape index (κ3) is 2.63. The third-order valence-corrected chi connectivity index (χ3v) is 5.34. The molecule has 0 saturated carbocycles. The number of hydrogen-bond donors (Lipinski definition) is 1. The SMILES string of the molecule is CCCC1(C(=O)N(C)C2CCSC2)CCNC1. The van der Waals surface area contributed by atoms with Gasteiger partial charge in [-0.15, -0.1) is 0 Å². The zero-order chi connectivity index (χ0) is 12.3. The van der Waals surface area contributed by atoms with E-state index in [0.717, 1.165) is 38.1 Å². The predicted octanol–water partition coefficient (Wildman–Crippen LogP) is 1.73. The Balaban J connectivity index is 2.04. The number of nitrogens with one attached hydrogen (secondary N) is 1. The predicted molar refractivity (Wildman–Crippen MR) is 73.3 cm³/mol. The lowest BCUT2D eigenvalue weighted by molar-refractivity contribution is -0.142. The van der Waals surface area contributed by atoms with Crippen LogP contribution in [0.15, 0.2) is 0 Å². The van der Waals surface area contributed by atoms with Crippen LogP contribution in [0.4, 0.5) is 0 Å². The van der Waals surface area contributed by atoms with Crippen molar-refractivity contribution in [3.05, 3.63) is 0 Å². The van der Waals surface area contributed by atoms with Gasteiger partial charge in [-0.3, -0.25) is 4.79 Å². The molecule has 3 nitrogen and oxygen atoms in total. The Bertz CT molecular complexity index is 271. The molecule has 1 N–H and O–H groups in total. The smallest absolute Gasteiger partial charge is 0.230 e. The van der Waals surface area contributed by atoms with Gasteiger partial charge in [0.25, 0.3) is 0 Å². The van der Waals surface area contributed by atoms with Gasteiger partial charge in [0.15, 0.2) is 0 Å². The Morgan fingerprint density at radius 1 is 1.59 bits per heavy atom. The minimum atomic E-state index is -0.100. The van der Waals surface area contributed by atoms with E-state index >= 15 is 0 Å². The van der Waals surface area contributed by atoms with E-state index in [9.17, 15) is 4.79 Å². The first-order chi connectivity index (χ1) is 8.19. The summed E-state index contributed by atoms with van der Waals surface area (Å²) < 4.78 is 0. The fraction of sp³-hybridized carbons (Fsp3) is 0.923. The molecule has 98 valence electrons. The lowest BCUT2D eigenvalue weighted by atomic mass is 9.81. The molecule has 2 fully saturated rings. The van der Waals surface area contributed by atoms with Crippen molar-refractivity contribution in [1.82, 2.24) is 10.2 Å². The summed E-state index contributed by atoms with van der Waals surface area (Å²) in [5.41, 5.74) is -0.100. The van der Waals surface area contributed by atoms with Gasteiger partial charge in [-0.2, -0.15) is 11.8 Å². The summed E-state index contributed by atoms with van der Waals surface area (Å²) in [6, 6.07) is 0.474. The van der Waals surface area contributed by atoms with E-state index in [1.165, 1.54) is 12.2 Å². The monoisotopic (exact) mass is 256 g/mol. The van der Waals surface area contributed by atoms with Crippen molar-refractivity contribution in [3.8, 4) is 0 Å². The number of thioether (sulfide) groups is 1. The Labute approximate surface area is 109 Å². The maximum Gasteiger partial charge on any atom is 0.230 e. The van der Waals surface area contributed by atoms with Crippen molar-refractivity contribution in [2.45, 2.75) is 38.6 Å². The topological polar surface area (TPSA) is 32.3 Å². The standard InChI is InChI=1S/C13H24N2OS/c1-3-5-13(6-7-14-10-13)12(16)15(2)11-4-8-17-9-11/h11,14H,3-10H2,1-2H3. The van der Waals surface area contributed by atoms with Crippen molar-refractivity contribution < 1.29 is 4.79 Å². The van der Waals surface area contributed by atoms with Gasteiger partial charge in [0.2, 0.25) is 5.91 Å². The molecule has 0 aromatic heterocycles. The highest BCUT2D eigenvalue weighted by Gasteiger charge is 2.43. The van der Waals surface area contributed by atoms with Gasteiger partial charge in [0, 0.05) is 25.4 Å². The molecule has 1 amide bonds. The summed E-state index contributed by atoms with van der Waals surface area (Å²) in [7, 11) is 2.01. The van der Waals surface area contributed by atoms with Crippen LogP contribution in [0.25, 0.3) is 0 Å². The molecule has 0 bridgehead atoms. The first-order valence-corrected chi connectivity index (χ1v) is 7.91. The van der Waals surface area contributed by atoms with Gasteiger partial charge in [0.05, 0.1) is 5.41 Å². The second kappa shape index (κ2) is 5.61. The van der Waals surface area contributed by atoms with Gasteiger partial charge in [-0.05, 0) is 31.6 Å². The average Bonchev–Trinajstić information content (AvgIpc) is 2.99. The van der Waals surface area contributed by atoms with Gasteiger partial charge in [-0.1, -0.05) is 13.3 Å². The largest absolute Gasteiger partial charge is 0.341 e. The van der Waals surface area contributed by atoms with Crippen LogP contribution < -0.4 is 5.32 Å². The summed E-state index contributed by atoms with van der Waals surface area (Å²) in [5, 5.41) is 3.37. The first kappa shape index (κ1) is 13.2. The lowest BCUT2D eigenvalue weighted by Gasteiger charge is -2.34. The molecule has 0 aromatic rings. The summed E-state index contributed by atoms with van der Waals surface area (Å²) in [6.45, 7) is 4.06.